The molecule has 0 saturated heterocycles. The van der Waals surface area contributed by atoms with E-state index in [0.717, 1.165) is 0 Å². The van der Waals surface area contributed by atoms with E-state index < -0.39 is 11.5 Å². The summed E-state index contributed by atoms with van der Waals surface area (Å²) in [6, 6.07) is 9.78. The highest BCUT2D eigenvalue weighted by Gasteiger charge is 2.13. The quantitative estimate of drug-likeness (QED) is 0.538. The molecule has 0 aliphatic rings. The third kappa shape index (κ3) is 3.88. The first-order chi connectivity index (χ1) is 14.1. The Morgan fingerprint density at radius 1 is 1.03 bits per heavy atom. The zero-order chi connectivity index (χ0) is 20.2. The molecule has 0 aliphatic carbocycles. The van der Waals surface area contributed by atoms with Crippen LogP contribution < -0.4 is 16.2 Å². The maximum Gasteiger partial charge on any atom is 0.281 e. The van der Waals surface area contributed by atoms with Gasteiger partial charge in [0.05, 0.1) is 30.1 Å². The molecule has 0 radical (unpaired) electrons. The fraction of sp³-hybridized carbons (Fsp3) is 0.0500. The van der Waals surface area contributed by atoms with Crippen molar-refractivity contribution in [2.45, 2.75) is 6.54 Å². The van der Waals surface area contributed by atoms with E-state index in [9.17, 15) is 14.4 Å². The van der Waals surface area contributed by atoms with Gasteiger partial charge in [0.15, 0.2) is 0 Å². The maximum absolute atomic E-state index is 12.8. The smallest absolute Gasteiger partial charge is 0.281 e. The van der Waals surface area contributed by atoms with Gasteiger partial charge in [-0.05, 0) is 36.4 Å². The van der Waals surface area contributed by atoms with Gasteiger partial charge in [-0.1, -0.05) is 0 Å². The molecule has 4 aromatic heterocycles. The second kappa shape index (κ2) is 7.77. The van der Waals surface area contributed by atoms with E-state index in [1.54, 1.807) is 42.6 Å². The number of hydrogen-bond donors (Lipinski definition) is 2. The first kappa shape index (κ1) is 18.1. The van der Waals surface area contributed by atoms with E-state index in [0.29, 0.717) is 17.0 Å². The van der Waals surface area contributed by atoms with Crippen LogP contribution in [0.5, 0.6) is 0 Å². The molecule has 0 bridgehead atoms. The molecular formula is C20H15N5O4. The number of carbonyl (C=O) groups is 2. The van der Waals surface area contributed by atoms with E-state index in [-0.39, 0.29) is 23.7 Å². The van der Waals surface area contributed by atoms with E-state index in [1.165, 1.54) is 29.3 Å². The molecule has 0 aromatic carbocycles. The molecule has 4 aromatic rings. The number of aromatic nitrogens is 3. The number of nitrogens with zero attached hydrogens (tertiary/aromatic N) is 3. The molecule has 0 spiro atoms. The van der Waals surface area contributed by atoms with Crippen molar-refractivity contribution in [3.63, 3.8) is 0 Å². The van der Waals surface area contributed by atoms with Crippen molar-refractivity contribution in [3.05, 3.63) is 94.7 Å². The van der Waals surface area contributed by atoms with Crippen molar-refractivity contribution >= 4 is 23.1 Å². The predicted molar refractivity (Wildman–Crippen MR) is 104 cm³/mol. The molecule has 0 saturated carbocycles. The van der Waals surface area contributed by atoms with Crippen molar-refractivity contribution in [1.29, 1.82) is 0 Å². The number of carbonyl (C=O) groups excluding carboxylic acids is 2. The summed E-state index contributed by atoms with van der Waals surface area (Å²) in [5.41, 5.74) is 0.404. The monoisotopic (exact) mass is 389 g/mol. The lowest BCUT2D eigenvalue weighted by atomic mass is 10.2. The van der Waals surface area contributed by atoms with Crippen molar-refractivity contribution < 1.29 is 14.0 Å². The Morgan fingerprint density at radius 2 is 1.93 bits per heavy atom. The van der Waals surface area contributed by atoms with Crippen molar-refractivity contribution in [1.82, 2.24) is 19.7 Å². The maximum atomic E-state index is 12.8. The van der Waals surface area contributed by atoms with Crippen LogP contribution in [-0.2, 0) is 6.54 Å². The minimum absolute atomic E-state index is 0.00973. The number of furan rings is 1. The number of hydrogen-bond acceptors (Lipinski definition) is 6. The van der Waals surface area contributed by atoms with Crippen LogP contribution in [0, 0.1) is 0 Å². The summed E-state index contributed by atoms with van der Waals surface area (Å²) in [5.74, 6) is -0.248. The summed E-state index contributed by atoms with van der Waals surface area (Å²) in [6.45, 7) is 0.220. The standard InChI is InChI=1S/C20H15N5O4/c26-18(23-10-15-4-2-8-29-15)14-5-6-17-22-11-16(20(28)25(17)12-14)24-19(27)13-3-1-7-21-9-13/h1-9,11-12H,10H2,(H,23,26)(H,24,27). The molecule has 4 heterocycles. The predicted octanol–water partition coefficient (Wildman–Crippen LogP) is 1.86. The Morgan fingerprint density at radius 3 is 2.69 bits per heavy atom. The van der Waals surface area contributed by atoms with Crippen LogP contribution in [0.1, 0.15) is 26.5 Å². The van der Waals surface area contributed by atoms with Crippen molar-refractivity contribution in [3.8, 4) is 0 Å². The third-order valence-corrected chi connectivity index (χ3v) is 4.14. The number of pyridine rings is 2. The van der Waals surface area contributed by atoms with Gasteiger partial charge in [-0.3, -0.25) is 23.8 Å². The van der Waals surface area contributed by atoms with Gasteiger partial charge in [0, 0.05) is 18.6 Å². The summed E-state index contributed by atoms with van der Waals surface area (Å²) >= 11 is 0. The first-order valence-electron chi connectivity index (χ1n) is 8.65. The Hall–Kier alpha value is -4.27. The minimum atomic E-state index is -0.507. The average Bonchev–Trinajstić information content (AvgIpc) is 3.28. The van der Waals surface area contributed by atoms with Gasteiger partial charge in [0.25, 0.3) is 17.4 Å². The molecular weight excluding hydrogens is 374 g/mol. The van der Waals surface area contributed by atoms with E-state index in [2.05, 4.69) is 20.6 Å². The third-order valence-electron chi connectivity index (χ3n) is 4.14. The SMILES string of the molecule is O=C(NCc1ccco1)c1ccc2ncc(NC(=O)c3cccnc3)c(=O)n2c1. The molecule has 144 valence electrons. The van der Waals surface area contributed by atoms with Crippen LogP contribution in [-0.4, -0.2) is 26.2 Å². The van der Waals surface area contributed by atoms with Gasteiger partial charge in [-0.25, -0.2) is 4.98 Å². The summed E-state index contributed by atoms with van der Waals surface area (Å²) in [6.07, 6.45) is 7.11. The zero-order valence-corrected chi connectivity index (χ0v) is 15.0. The molecule has 9 nitrogen and oxygen atoms in total. The summed E-state index contributed by atoms with van der Waals surface area (Å²) in [5, 5.41) is 5.23. The molecule has 2 N–H and O–H groups in total. The number of rotatable bonds is 5. The molecule has 0 aliphatic heterocycles. The second-order valence-corrected chi connectivity index (χ2v) is 6.08. The summed E-state index contributed by atoms with van der Waals surface area (Å²) in [4.78, 5) is 45.5. The molecule has 9 heteroatoms. The highest BCUT2D eigenvalue weighted by Crippen LogP contribution is 2.08. The van der Waals surface area contributed by atoms with Gasteiger partial charge < -0.3 is 15.1 Å². The number of fused-ring (bicyclic) bond motifs is 1. The Labute approximate surface area is 164 Å². The molecule has 29 heavy (non-hydrogen) atoms. The second-order valence-electron chi connectivity index (χ2n) is 6.08. The van der Waals surface area contributed by atoms with Crippen LogP contribution in [0.25, 0.3) is 5.65 Å². The molecule has 2 amide bonds. The van der Waals surface area contributed by atoms with E-state index in [1.807, 2.05) is 0 Å². The van der Waals surface area contributed by atoms with Crippen molar-refractivity contribution in [2.75, 3.05) is 5.32 Å². The van der Waals surface area contributed by atoms with Gasteiger partial charge in [-0.2, -0.15) is 0 Å². The fourth-order valence-electron chi connectivity index (χ4n) is 2.67. The molecule has 0 unspecified atom stereocenters. The van der Waals surface area contributed by atoms with Crippen LogP contribution in [0.3, 0.4) is 0 Å². The minimum Gasteiger partial charge on any atom is -0.467 e. The lowest BCUT2D eigenvalue weighted by Gasteiger charge is -2.08. The number of anilines is 1. The van der Waals surface area contributed by atoms with Gasteiger partial charge in [0.2, 0.25) is 0 Å². The van der Waals surface area contributed by atoms with Crippen LogP contribution >= 0.6 is 0 Å². The lowest BCUT2D eigenvalue weighted by molar-refractivity contribution is 0.0946. The van der Waals surface area contributed by atoms with Crippen LogP contribution in [0.15, 0.2) is 76.7 Å². The molecule has 0 atom stereocenters. The van der Waals surface area contributed by atoms with Gasteiger partial charge in [-0.15, -0.1) is 0 Å². The van der Waals surface area contributed by atoms with Crippen molar-refractivity contribution in [2.24, 2.45) is 0 Å². The normalized spacial score (nSPS) is 10.6. The first-order valence-corrected chi connectivity index (χ1v) is 8.65. The zero-order valence-electron chi connectivity index (χ0n) is 15.0. The lowest BCUT2D eigenvalue weighted by Crippen LogP contribution is -2.26. The highest BCUT2D eigenvalue weighted by molar-refractivity contribution is 6.03. The average molecular weight is 389 g/mol. The largest absolute Gasteiger partial charge is 0.467 e. The van der Waals surface area contributed by atoms with E-state index in [4.69, 9.17) is 4.42 Å². The fourth-order valence-corrected chi connectivity index (χ4v) is 2.67. The topological polar surface area (TPSA) is 119 Å². The van der Waals surface area contributed by atoms with Gasteiger partial charge in [0.1, 0.15) is 17.1 Å². The molecule has 0 fully saturated rings. The highest BCUT2D eigenvalue weighted by atomic mass is 16.3. The summed E-state index contributed by atoms with van der Waals surface area (Å²) in [7, 11) is 0. The van der Waals surface area contributed by atoms with Gasteiger partial charge >= 0.3 is 0 Å². The molecule has 4 rings (SSSR count). The van der Waals surface area contributed by atoms with E-state index >= 15 is 0 Å². The Bertz CT molecular complexity index is 1230. The summed E-state index contributed by atoms with van der Waals surface area (Å²) < 4.78 is 6.38. The Kier molecular flexibility index (Phi) is 4.85. The van der Waals surface area contributed by atoms with Crippen LogP contribution in [0.4, 0.5) is 5.69 Å². The number of nitrogens with one attached hydrogen (secondary N) is 2. The van der Waals surface area contributed by atoms with Crippen LogP contribution in [0.2, 0.25) is 0 Å². The number of amides is 2. The Balaban J connectivity index is 1.58.